The van der Waals surface area contributed by atoms with Crippen molar-refractivity contribution in [1.29, 1.82) is 0 Å². The molecule has 1 fully saturated rings. The lowest BCUT2D eigenvalue weighted by Crippen LogP contribution is -2.50. The van der Waals surface area contributed by atoms with Gasteiger partial charge in [0.1, 0.15) is 5.75 Å². The van der Waals surface area contributed by atoms with Crippen molar-refractivity contribution in [3.8, 4) is 5.75 Å². The molecule has 0 aliphatic carbocycles. The van der Waals surface area contributed by atoms with Gasteiger partial charge in [-0.25, -0.2) is 0 Å². The van der Waals surface area contributed by atoms with Crippen LogP contribution in [0.5, 0.6) is 5.75 Å². The van der Waals surface area contributed by atoms with Crippen molar-refractivity contribution in [1.82, 2.24) is 5.32 Å². The fraction of sp³-hybridized carbons (Fsp3) is 0.533. The van der Waals surface area contributed by atoms with E-state index in [1.165, 1.54) is 0 Å². The van der Waals surface area contributed by atoms with Gasteiger partial charge in [0.05, 0.1) is 18.8 Å². The minimum atomic E-state index is -0.102. The largest absolute Gasteiger partial charge is 0.495 e. The number of carbonyl (C=O) groups is 1. The zero-order chi connectivity index (χ0) is 14.7. The molecule has 1 aromatic carbocycles. The van der Waals surface area contributed by atoms with Crippen LogP contribution in [-0.4, -0.2) is 32.1 Å². The van der Waals surface area contributed by atoms with Gasteiger partial charge in [-0.2, -0.15) is 0 Å². The van der Waals surface area contributed by atoms with Crippen LogP contribution in [0.2, 0.25) is 5.02 Å². The summed E-state index contributed by atoms with van der Waals surface area (Å²) < 4.78 is 5.38. The SMILES string of the molecule is CCNC1CCCN(c2cc(C)c(Cl)cc2OC)C1=O. The van der Waals surface area contributed by atoms with E-state index in [4.69, 9.17) is 16.3 Å². The molecule has 1 aliphatic rings. The molecule has 0 aromatic heterocycles. The molecule has 5 heteroatoms. The van der Waals surface area contributed by atoms with Gasteiger partial charge >= 0.3 is 0 Å². The number of aryl methyl sites for hydroxylation is 1. The van der Waals surface area contributed by atoms with Crippen LogP contribution in [0, 0.1) is 6.92 Å². The van der Waals surface area contributed by atoms with Crippen LogP contribution in [0.1, 0.15) is 25.3 Å². The standard InChI is InChI=1S/C15H21ClN2O2/c1-4-17-12-6-5-7-18(15(12)19)13-8-10(2)11(16)9-14(13)20-3/h8-9,12,17H,4-7H2,1-3H3. The highest BCUT2D eigenvalue weighted by Gasteiger charge is 2.30. The van der Waals surface area contributed by atoms with Crippen molar-refractivity contribution in [3.63, 3.8) is 0 Å². The van der Waals surface area contributed by atoms with Gasteiger partial charge in [0.15, 0.2) is 0 Å². The van der Waals surface area contributed by atoms with E-state index in [1.807, 2.05) is 19.9 Å². The first-order chi connectivity index (χ1) is 9.58. The van der Waals surface area contributed by atoms with Gasteiger partial charge in [0.2, 0.25) is 5.91 Å². The summed E-state index contributed by atoms with van der Waals surface area (Å²) in [5, 5.41) is 3.89. The normalized spacial score (nSPS) is 19.3. The Balaban J connectivity index is 2.34. The molecule has 0 bridgehead atoms. The number of hydrogen-bond acceptors (Lipinski definition) is 3. The molecule has 1 saturated heterocycles. The lowest BCUT2D eigenvalue weighted by molar-refractivity contribution is -0.121. The van der Waals surface area contributed by atoms with Gasteiger partial charge in [0, 0.05) is 17.6 Å². The van der Waals surface area contributed by atoms with E-state index in [2.05, 4.69) is 5.32 Å². The van der Waals surface area contributed by atoms with Crippen molar-refractivity contribution in [2.45, 2.75) is 32.7 Å². The predicted octanol–water partition coefficient (Wildman–Crippen LogP) is 2.76. The lowest BCUT2D eigenvalue weighted by Gasteiger charge is -2.33. The zero-order valence-electron chi connectivity index (χ0n) is 12.2. The minimum absolute atomic E-state index is 0.102. The molecule has 1 aliphatic heterocycles. The lowest BCUT2D eigenvalue weighted by atomic mass is 10.0. The Morgan fingerprint density at radius 2 is 2.25 bits per heavy atom. The van der Waals surface area contributed by atoms with E-state index in [0.717, 1.165) is 37.2 Å². The van der Waals surface area contributed by atoms with Crippen LogP contribution in [-0.2, 0) is 4.79 Å². The van der Waals surface area contributed by atoms with E-state index in [-0.39, 0.29) is 11.9 Å². The highest BCUT2D eigenvalue weighted by molar-refractivity contribution is 6.31. The Morgan fingerprint density at radius 3 is 2.90 bits per heavy atom. The number of anilines is 1. The average molecular weight is 297 g/mol. The minimum Gasteiger partial charge on any atom is -0.495 e. The number of carbonyl (C=O) groups excluding carboxylic acids is 1. The Labute approximate surface area is 125 Å². The van der Waals surface area contributed by atoms with Gasteiger partial charge in [-0.15, -0.1) is 0 Å². The first-order valence-corrected chi connectivity index (χ1v) is 7.35. The topological polar surface area (TPSA) is 41.6 Å². The smallest absolute Gasteiger partial charge is 0.244 e. The molecule has 2 rings (SSSR count). The average Bonchev–Trinajstić information content (AvgIpc) is 2.44. The quantitative estimate of drug-likeness (QED) is 0.929. The number of ether oxygens (including phenoxy) is 1. The Kier molecular flexibility index (Phi) is 4.89. The monoisotopic (exact) mass is 296 g/mol. The predicted molar refractivity (Wildman–Crippen MR) is 81.8 cm³/mol. The summed E-state index contributed by atoms with van der Waals surface area (Å²) in [4.78, 5) is 14.4. The molecule has 1 heterocycles. The summed E-state index contributed by atoms with van der Waals surface area (Å²) in [6.45, 7) is 5.46. The van der Waals surface area contributed by atoms with Crippen LogP contribution in [0.25, 0.3) is 0 Å². The molecule has 110 valence electrons. The first kappa shape index (κ1) is 15.1. The van der Waals surface area contributed by atoms with E-state index in [1.54, 1.807) is 18.1 Å². The molecule has 0 spiro atoms. The summed E-state index contributed by atoms with van der Waals surface area (Å²) in [6, 6.07) is 3.60. The number of rotatable bonds is 4. The molecule has 0 radical (unpaired) electrons. The molecule has 1 unspecified atom stereocenters. The summed E-state index contributed by atoms with van der Waals surface area (Å²) >= 11 is 6.12. The molecule has 4 nitrogen and oxygen atoms in total. The molecule has 0 saturated carbocycles. The molecule has 1 amide bonds. The summed E-state index contributed by atoms with van der Waals surface area (Å²) in [5.41, 5.74) is 1.75. The highest BCUT2D eigenvalue weighted by atomic mass is 35.5. The third-order valence-corrected chi connectivity index (χ3v) is 4.05. The highest BCUT2D eigenvalue weighted by Crippen LogP contribution is 2.35. The summed E-state index contributed by atoms with van der Waals surface area (Å²) in [6.07, 6.45) is 1.87. The zero-order valence-corrected chi connectivity index (χ0v) is 13.0. The van der Waals surface area contributed by atoms with Crippen molar-refractivity contribution in [3.05, 3.63) is 22.7 Å². The van der Waals surface area contributed by atoms with Gasteiger partial charge in [-0.05, 0) is 37.9 Å². The fourth-order valence-corrected chi connectivity index (χ4v) is 2.73. The number of likely N-dealkylation sites (N-methyl/N-ethyl adjacent to an activating group) is 1. The van der Waals surface area contributed by atoms with Crippen LogP contribution < -0.4 is 15.0 Å². The number of piperidine rings is 1. The Bertz CT molecular complexity index is 503. The van der Waals surface area contributed by atoms with E-state index in [0.29, 0.717) is 10.8 Å². The number of halogens is 1. The van der Waals surface area contributed by atoms with Crippen LogP contribution >= 0.6 is 11.6 Å². The van der Waals surface area contributed by atoms with Gasteiger partial charge in [0.25, 0.3) is 0 Å². The van der Waals surface area contributed by atoms with E-state index in [9.17, 15) is 4.79 Å². The second-order valence-corrected chi connectivity index (χ2v) is 5.42. The molecular weight excluding hydrogens is 276 g/mol. The number of hydrogen-bond donors (Lipinski definition) is 1. The number of benzene rings is 1. The second-order valence-electron chi connectivity index (χ2n) is 5.02. The van der Waals surface area contributed by atoms with Crippen LogP contribution in [0.4, 0.5) is 5.69 Å². The molecule has 1 aromatic rings. The molecule has 20 heavy (non-hydrogen) atoms. The van der Waals surface area contributed by atoms with Gasteiger partial charge < -0.3 is 15.0 Å². The maximum atomic E-state index is 12.6. The number of nitrogens with one attached hydrogen (secondary N) is 1. The van der Waals surface area contributed by atoms with Crippen molar-refractivity contribution in [2.75, 3.05) is 25.1 Å². The Hall–Kier alpha value is -1.26. The summed E-state index contributed by atoms with van der Waals surface area (Å²) in [7, 11) is 1.60. The van der Waals surface area contributed by atoms with Gasteiger partial charge in [-0.1, -0.05) is 18.5 Å². The molecule has 1 atom stereocenters. The maximum Gasteiger partial charge on any atom is 0.244 e. The fourth-order valence-electron chi connectivity index (χ4n) is 2.57. The summed E-state index contributed by atoms with van der Waals surface area (Å²) in [5.74, 6) is 0.754. The number of nitrogens with zero attached hydrogens (tertiary/aromatic N) is 1. The Morgan fingerprint density at radius 1 is 1.50 bits per heavy atom. The third-order valence-electron chi connectivity index (χ3n) is 3.64. The maximum absolute atomic E-state index is 12.6. The van der Waals surface area contributed by atoms with Crippen molar-refractivity contribution < 1.29 is 9.53 Å². The third kappa shape index (κ3) is 2.91. The second kappa shape index (κ2) is 6.46. The molecular formula is C15H21ClN2O2. The number of methoxy groups -OCH3 is 1. The molecule has 1 N–H and O–H groups in total. The first-order valence-electron chi connectivity index (χ1n) is 6.97. The van der Waals surface area contributed by atoms with E-state index >= 15 is 0 Å². The van der Waals surface area contributed by atoms with Crippen LogP contribution in [0.15, 0.2) is 12.1 Å². The van der Waals surface area contributed by atoms with Crippen molar-refractivity contribution >= 4 is 23.2 Å². The van der Waals surface area contributed by atoms with Crippen LogP contribution in [0.3, 0.4) is 0 Å². The van der Waals surface area contributed by atoms with Gasteiger partial charge in [-0.3, -0.25) is 4.79 Å². The van der Waals surface area contributed by atoms with Crippen molar-refractivity contribution in [2.24, 2.45) is 0 Å². The number of amides is 1. The van der Waals surface area contributed by atoms with E-state index < -0.39 is 0 Å².